The highest BCUT2D eigenvalue weighted by Gasteiger charge is 2.15. The zero-order valence-corrected chi connectivity index (χ0v) is 11.8. The highest BCUT2D eigenvalue weighted by molar-refractivity contribution is 5.90. The molecule has 0 spiro atoms. The van der Waals surface area contributed by atoms with Gasteiger partial charge in [0.25, 0.3) is 0 Å². The lowest BCUT2D eigenvalue weighted by molar-refractivity contribution is -0.128. The van der Waals surface area contributed by atoms with Crippen LogP contribution in [0.25, 0.3) is 11.0 Å². The van der Waals surface area contributed by atoms with E-state index in [9.17, 15) is 4.79 Å². The maximum atomic E-state index is 11.7. The van der Waals surface area contributed by atoms with Crippen molar-refractivity contribution in [2.75, 3.05) is 19.8 Å². The Balaban J connectivity index is 2.41. The average Bonchev–Trinajstić information content (AvgIpc) is 2.60. The Labute approximate surface area is 112 Å². The zero-order valence-electron chi connectivity index (χ0n) is 11.8. The average molecular weight is 261 g/mol. The number of nitrogens with two attached hydrogens (primary N) is 1. The Morgan fingerprint density at radius 2 is 2.05 bits per heavy atom. The monoisotopic (exact) mass is 261 g/mol. The highest BCUT2D eigenvalue weighted by atomic mass is 16.2. The fourth-order valence-corrected chi connectivity index (χ4v) is 2.20. The highest BCUT2D eigenvalue weighted by Crippen LogP contribution is 2.26. The molecule has 1 amide bonds. The van der Waals surface area contributed by atoms with Gasteiger partial charge in [0.05, 0.1) is 5.39 Å². The van der Waals surface area contributed by atoms with Crippen LogP contribution in [0.1, 0.15) is 17.7 Å². The molecular formula is C13H19N5O. The standard InChI is InChI=1S/C13H19N5O/c1-8-9(2)18(6-5-10(19)17(3)4)13-11(8)12(14)15-7-16-13/h7H,5-6H2,1-4H3,(H2,14,15,16). The van der Waals surface area contributed by atoms with Gasteiger partial charge in [0.2, 0.25) is 5.91 Å². The first-order valence-electron chi connectivity index (χ1n) is 6.19. The molecule has 2 aromatic heterocycles. The molecule has 0 aliphatic carbocycles. The first-order valence-corrected chi connectivity index (χ1v) is 6.19. The van der Waals surface area contributed by atoms with Crippen molar-refractivity contribution < 1.29 is 4.79 Å². The van der Waals surface area contributed by atoms with Crippen LogP contribution in [-0.4, -0.2) is 39.4 Å². The molecule has 0 aliphatic heterocycles. The third kappa shape index (κ3) is 2.25. The minimum Gasteiger partial charge on any atom is -0.383 e. The Morgan fingerprint density at radius 3 is 2.68 bits per heavy atom. The van der Waals surface area contributed by atoms with E-state index in [4.69, 9.17) is 5.73 Å². The van der Waals surface area contributed by atoms with Crippen LogP contribution >= 0.6 is 0 Å². The number of nitrogens with zero attached hydrogens (tertiary/aromatic N) is 4. The van der Waals surface area contributed by atoms with Crippen molar-refractivity contribution in [1.82, 2.24) is 19.4 Å². The lowest BCUT2D eigenvalue weighted by Gasteiger charge is -2.12. The van der Waals surface area contributed by atoms with E-state index in [-0.39, 0.29) is 5.91 Å². The van der Waals surface area contributed by atoms with Crippen LogP contribution in [0, 0.1) is 13.8 Å². The topological polar surface area (TPSA) is 77.0 Å². The SMILES string of the molecule is Cc1c(C)n(CCC(=O)N(C)C)c2ncnc(N)c12. The molecule has 102 valence electrons. The second-order valence-electron chi connectivity index (χ2n) is 4.86. The Bertz CT molecular complexity index is 629. The first-order chi connectivity index (χ1) is 8.93. The number of hydrogen-bond acceptors (Lipinski definition) is 4. The maximum absolute atomic E-state index is 11.7. The second-order valence-corrected chi connectivity index (χ2v) is 4.86. The van der Waals surface area contributed by atoms with Crippen molar-refractivity contribution in [3.05, 3.63) is 17.6 Å². The van der Waals surface area contributed by atoms with Gasteiger partial charge in [0, 0.05) is 32.8 Å². The summed E-state index contributed by atoms with van der Waals surface area (Å²) in [6.07, 6.45) is 1.90. The number of hydrogen-bond donors (Lipinski definition) is 1. The molecule has 0 aliphatic rings. The van der Waals surface area contributed by atoms with Crippen LogP contribution in [0.2, 0.25) is 0 Å². The number of fused-ring (bicyclic) bond motifs is 1. The molecule has 19 heavy (non-hydrogen) atoms. The number of rotatable bonds is 3. The normalized spacial score (nSPS) is 10.9. The number of carbonyl (C=O) groups is 1. The van der Waals surface area contributed by atoms with Crippen molar-refractivity contribution >= 4 is 22.8 Å². The van der Waals surface area contributed by atoms with Crippen LogP contribution in [-0.2, 0) is 11.3 Å². The van der Waals surface area contributed by atoms with Gasteiger partial charge in [-0.1, -0.05) is 0 Å². The quantitative estimate of drug-likeness (QED) is 0.897. The number of nitrogen functional groups attached to an aromatic ring is 1. The number of anilines is 1. The molecule has 0 saturated heterocycles. The maximum Gasteiger partial charge on any atom is 0.223 e. The second kappa shape index (κ2) is 4.87. The molecule has 0 fully saturated rings. The van der Waals surface area contributed by atoms with Crippen LogP contribution in [0.5, 0.6) is 0 Å². The van der Waals surface area contributed by atoms with Gasteiger partial charge >= 0.3 is 0 Å². The summed E-state index contributed by atoms with van der Waals surface area (Å²) in [4.78, 5) is 21.6. The molecule has 0 aromatic carbocycles. The van der Waals surface area contributed by atoms with E-state index in [0.29, 0.717) is 18.8 Å². The van der Waals surface area contributed by atoms with Gasteiger partial charge in [-0.15, -0.1) is 0 Å². The zero-order chi connectivity index (χ0) is 14.2. The number of aryl methyl sites for hydroxylation is 2. The number of aromatic nitrogens is 3. The minimum atomic E-state index is 0.0981. The molecule has 2 N–H and O–H groups in total. The summed E-state index contributed by atoms with van der Waals surface area (Å²) in [5.74, 6) is 0.587. The minimum absolute atomic E-state index is 0.0981. The van der Waals surface area contributed by atoms with E-state index in [1.54, 1.807) is 19.0 Å². The first kappa shape index (κ1) is 13.3. The van der Waals surface area contributed by atoms with Crippen LogP contribution < -0.4 is 5.73 Å². The molecule has 0 bridgehead atoms. The van der Waals surface area contributed by atoms with Crippen molar-refractivity contribution in [1.29, 1.82) is 0 Å². The summed E-state index contributed by atoms with van der Waals surface area (Å²) in [6.45, 7) is 4.61. The van der Waals surface area contributed by atoms with E-state index >= 15 is 0 Å². The van der Waals surface area contributed by atoms with E-state index in [1.165, 1.54) is 6.33 Å². The van der Waals surface area contributed by atoms with Crippen molar-refractivity contribution in [2.24, 2.45) is 0 Å². The van der Waals surface area contributed by atoms with Crippen molar-refractivity contribution in [3.63, 3.8) is 0 Å². The molecule has 2 aromatic rings. The fraction of sp³-hybridized carbons (Fsp3) is 0.462. The molecule has 0 atom stereocenters. The summed E-state index contributed by atoms with van der Waals surface area (Å²) >= 11 is 0. The molecule has 0 radical (unpaired) electrons. The Morgan fingerprint density at radius 1 is 1.37 bits per heavy atom. The molecule has 0 saturated carbocycles. The Hall–Kier alpha value is -2.11. The summed E-state index contributed by atoms with van der Waals surface area (Å²) in [5, 5.41) is 0.886. The van der Waals surface area contributed by atoms with Gasteiger partial charge in [0.1, 0.15) is 17.8 Å². The smallest absolute Gasteiger partial charge is 0.223 e. The van der Waals surface area contributed by atoms with Gasteiger partial charge in [-0.25, -0.2) is 9.97 Å². The predicted octanol–water partition coefficient (Wildman–Crippen LogP) is 1.11. The third-order valence-corrected chi connectivity index (χ3v) is 3.48. The van der Waals surface area contributed by atoms with Crippen molar-refractivity contribution in [3.8, 4) is 0 Å². The molecule has 0 unspecified atom stereocenters. The summed E-state index contributed by atoms with van der Waals surface area (Å²) in [7, 11) is 3.52. The number of amides is 1. The van der Waals surface area contributed by atoms with E-state index in [0.717, 1.165) is 22.3 Å². The van der Waals surface area contributed by atoms with Crippen LogP contribution in [0.15, 0.2) is 6.33 Å². The van der Waals surface area contributed by atoms with Crippen molar-refractivity contribution in [2.45, 2.75) is 26.8 Å². The van der Waals surface area contributed by atoms with E-state index < -0.39 is 0 Å². The fourth-order valence-electron chi connectivity index (χ4n) is 2.20. The predicted molar refractivity (Wildman–Crippen MR) is 74.7 cm³/mol. The van der Waals surface area contributed by atoms with Crippen LogP contribution in [0.3, 0.4) is 0 Å². The third-order valence-electron chi connectivity index (χ3n) is 3.48. The van der Waals surface area contributed by atoms with Gasteiger partial charge in [-0.3, -0.25) is 4.79 Å². The summed E-state index contributed by atoms with van der Waals surface area (Å²) in [5.41, 5.74) is 8.86. The lowest BCUT2D eigenvalue weighted by Crippen LogP contribution is -2.23. The molecule has 6 heteroatoms. The Kier molecular flexibility index (Phi) is 3.42. The molecule has 6 nitrogen and oxygen atoms in total. The molecule has 2 rings (SSSR count). The van der Waals surface area contributed by atoms with Gasteiger partial charge in [-0.05, 0) is 19.4 Å². The molecule has 2 heterocycles. The van der Waals surface area contributed by atoms with Gasteiger partial charge in [0.15, 0.2) is 0 Å². The summed E-state index contributed by atoms with van der Waals surface area (Å²) < 4.78 is 2.03. The summed E-state index contributed by atoms with van der Waals surface area (Å²) in [6, 6.07) is 0. The van der Waals surface area contributed by atoms with E-state index in [1.807, 2.05) is 18.4 Å². The van der Waals surface area contributed by atoms with Gasteiger partial charge in [-0.2, -0.15) is 0 Å². The molecular weight excluding hydrogens is 242 g/mol. The largest absolute Gasteiger partial charge is 0.383 e. The number of carbonyl (C=O) groups excluding carboxylic acids is 1. The van der Waals surface area contributed by atoms with Crippen LogP contribution in [0.4, 0.5) is 5.82 Å². The lowest BCUT2D eigenvalue weighted by atomic mass is 10.2. The van der Waals surface area contributed by atoms with E-state index in [2.05, 4.69) is 9.97 Å². The van der Waals surface area contributed by atoms with Gasteiger partial charge < -0.3 is 15.2 Å².